The lowest BCUT2D eigenvalue weighted by atomic mass is 9.85. The average Bonchev–Trinajstić information content (AvgIpc) is 2.28. The van der Waals surface area contributed by atoms with Gasteiger partial charge in [0.1, 0.15) is 0 Å². The van der Waals surface area contributed by atoms with Crippen LogP contribution in [0.5, 0.6) is 0 Å². The molecule has 1 atom stereocenters. The first-order chi connectivity index (χ1) is 9.70. The van der Waals surface area contributed by atoms with E-state index in [2.05, 4.69) is 0 Å². The second-order valence-corrected chi connectivity index (χ2v) is 5.65. The zero-order valence-corrected chi connectivity index (χ0v) is 12.2. The molecule has 0 amide bonds. The zero-order chi connectivity index (χ0) is 14.6. The highest BCUT2D eigenvalue weighted by molar-refractivity contribution is 4.72. The Morgan fingerprint density at radius 1 is 0.900 bits per heavy atom. The lowest BCUT2D eigenvalue weighted by Crippen LogP contribution is -2.26. The van der Waals surface area contributed by atoms with E-state index in [1.165, 1.54) is 64.2 Å². The van der Waals surface area contributed by atoms with Gasteiger partial charge in [-0.25, -0.2) is 9.78 Å². The maximum Gasteiger partial charge on any atom is 0.291 e. The lowest BCUT2D eigenvalue weighted by Gasteiger charge is -2.29. The van der Waals surface area contributed by atoms with Gasteiger partial charge in [0.2, 0.25) is 0 Å². The molecule has 0 aromatic heterocycles. The average molecular weight is 289 g/mol. The molecule has 2 rings (SSSR count). The molecule has 1 heterocycles. The minimum absolute atomic E-state index is 0.387. The van der Waals surface area contributed by atoms with Gasteiger partial charge in [0, 0.05) is 0 Å². The van der Waals surface area contributed by atoms with Crippen LogP contribution >= 0.6 is 0 Å². The summed E-state index contributed by atoms with van der Waals surface area (Å²) >= 11 is 0. The Labute approximate surface area is 120 Å². The van der Waals surface area contributed by atoms with Crippen molar-refractivity contribution >= 4 is 0 Å². The summed E-state index contributed by atoms with van der Waals surface area (Å²) in [5.74, 6) is 0.762. The third kappa shape index (κ3) is 8.32. The van der Waals surface area contributed by atoms with E-state index in [4.69, 9.17) is 25.1 Å². The molecule has 2 aliphatic rings. The fourth-order valence-corrected chi connectivity index (χ4v) is 3.04. The summed E-state index contributed by atoms with van der Waals surface area (Å²) in [6.45, 7) is 0.795. The van der Waals surface area contributed by atoms with E-state index < -0.39 is 5.09 Å². The van der Waals surface area contributed by atoms with E-state index in [1.54, 1.807) is 0 Å². The number of hydrogen-bond donors (Lipinski definition) is 1. The molecule has 1 aliphatic carbocycles. The molecule has 6 heteroatoms. The third-order valence-corrected chi connectivity index (χ3v) is 4.08. The van der Waals surface area contributed by atoms with E-state index in [-0.39, 0.29) is 0 Å². The summed E-state index contributed by atoms with van der Waals surface area (Å²) in [4.78, 5) is 19.3. The zero-order valence-electron chi connectivity index (χ0n) is 12.2. The summed E-state index contributed by atoms with van der Waals surface area (Å²) in [5, 5.41) is 13.6. The van der Waals surface area contributed by atoms with Crippen LogP contribution in [0.4, 0.5) is 0 Å². The summed E-state index contributed by atoms with van der Waals surface area (Å²) in [6, 6.07) is 0. The van der Waals surface area contributed by atoms with Crippen molar-refractivity contribution in [3.05, 3.63) is 10.1 Å². The van der Waals surface area contributed by atoms with E-state index in [9.17, 15) is 0 Å². The number of rotatable bonds is 1. The fraction of sp³-hybridized carbons (Fsp3) is 1.00. The molecule has 1 aliphatic heterocycles. The molecule has 118 valence electrons. The van der Waals surface area contributed by atoms with Crippen LogP contribution in [-0.4, -0.2) is 23.0 Å². The maximum atomic E-state index is 8.36. The van der Waals surface area contributed by atoms with E-state index in [0.717, 1.165) is 18.9 Å². The van der Waals surface area contributed by atoms with Crippen LogP contribution in [0, 0.1) is 16.0 Å². The first-order valence-corrected chi connectivity index (χ1v) is 7.81. The second kappa shape index (κ2) is 10.9. The summed E-state index contributed by atoms with van der Waals surface area (Å²) in [6.07, 6.45) is 15.2. The van der Waals surface area contributed by atoms with Crippen molar-refractivity contribution in [1.82, 2.24) is 0 Å². The smallest absolute Gasteiger partial charge is 0.291 e. The van der Waals surface area contributed by atoms with Gasteiger partial charge >= 0.3 is 0 Å². The molecule has 6 nitrogen and oxygen atoms in total. The molecule has 2 fully saturated rings. The summed E-state index contributed by atoms with van der Waals surface area (Å²) in [7, 11) is 0. The SMILES string of the molecule is C1CCCC(C2CCCCCOO2)CCC1.O=[N+]([O-])O. The third-order valence-electron chi connectivity index (χ3n) is 4.08. The Morgan fingerprint density at radius 2 is 1.40 bits per heavy atom. The summed E-state index contributed by atoms with van der Waals surface area (Å²) < 4.78 is 0. The monoisotopic (exact) mass is 289 g/mol. The predicted molar refractivity (Wildman–Crippen MR) is 73.9 cm³/mol. The van der Waals surface area contributed by atoms with Crippen LogP contribution < -0.4 is 0 Å². The van der Waals surface area contributed by atoms with Gasteiger partial charge in [0.25, 0.3) is 5.09 Å². The molecule has 0 aromatic rings. The molecular weight excluding hydrogens is 262 g/mol. The van der Waals surface area contributed by atoms with Gasteiger partial charge in [-0.05, 0) is 31.6 Å². The molecule has 0 spiro atoms. The predicted octanol–water partition coefficient (Wildman–Crippen LogP) is 3.89. The molecule has 0 radical (unpaired) electrons. The normalized spacial score (nSPS) is 26.1. The molecule has 1 N–H and O–H groups in total. The first kappa shape index (κ1) is 17.2. The van der Waals surface area contributed by atoms with Crippen LogP contribution in [0.25, 0.3) is 0 Å². The van der Waals surface area contributed by atoms with Crippen LogP contribution in [0.2, 0.25) is 0 Å². The largest absolute Gasteiger partial charge is 0.328 e. The standard InChI is InChI=1S/C14H26O2.HNO3/c1-2-5-9-13(10-6-3-1)14-11-7-4-8-12-15-16-14;2-1(3)4/h13-14H,1-12H2;(H,2,3,4). The number of hydrogen-bond acceptors (Lipinski definition) is 4. The Bertz CT molecular complexity index is 222. The van der Waals surface area contributed by atoms with Crippen molar-refractivity contribution < 1.29 is 20.1 Å². The van der Waals surface area contributed by atoms with Gasteiger partial charge in [-0.15, -0.1) is 10.1 Å². The molecular formula is C14H27NO5. The maximum absolute atomic E-state index is 8.36. The Hall–Kier alpha value is -0.880. The van der Waals surface area contributed by atoms with E-state index >= 15 is 0 Å². The lowest BCUT2D eigenvalue weighted by molar-refractivity contribution is -0.742. The van der Waals surface area contributed by atoms with Crippen molar-refractivity contribution in [3.63, 3.8) is 0 Å². The van der Waals surface area contributed by atoms with Crippen LogP contribution in [0.1, 0.15) is 70.6 Å². The molecule has 1 unspecified atom stereocenters. The topological polar surface area (TPSA) is 81.8 Å². The van der Waals surface area contributed by atoms with Crippen LogP contribution in [-0.2, 0) is 9.78 Å². The van der Waals surface area contributed by atoms with Crippen molar-refractivity contribution in [2.45, 2.75) is 76.7 Å². The quantitative estimate of drug-likeness (QED) is 0.450. The molecule has 1 saturated heterocycles. The van der Waals surface area contributed by atoms with Crippen molar-refractivity contribution in [1.29, 1.82) is 0 Å². The second-order valence-electron chi connectivity index (χ2n) is 5.65. The van der Waals surface area contributed by atoms with Crippen molar-refractivity contribution in [2.24, 2.45) is 5.92 Å². The highest BCUT2D eigenvalue weighted by Gasteiger charge is 2.24. The van der Waals surface area contributed by atoms with Gasteiger partial charge in [0.15, 0.2) is 0 Å². The van der Waals surface area contributed by atoms with Crippen molar-refractivity contribution in [3.8, 4) is 0 Å². The Morgan fingerprint density at radius 3 is 2.05 bits per heavy atom. The van der Waals surface area contributed by atoms with Gasteiger partial charge < -0.3 is 5.21 Å². The molecule has 1 saturated carbocycles. The molecule has 20 heavy (non-hydrogen) atoms. The van der Waals surface area contributed by atoms with Gasteiger partial charge in [0.05, 0.1) is 12.7 Å². The van der Waals surface area contributed by atoms with Gasteiger partial charge in [-0.1, -0.05) is 44.9 Å². The summed E-state index contributed by atoms with van der Waals surface area (Å²) in [5.41, 5.74) is 0. The van der Waals surface area contributed by atoms with Crippen LogP contribution in [0.3, 0.4) is 0 Å². The fourth-order valence-electron chi connectivity index (χ4n) is 3.04. The van der Waals surface area contributed by atoms with Crippen molar-refractivity contribution in [2.75, 3.05) is 6.61 Å². The Balaban J connectivity index is 0.000000444. The number of nitrogens with zero attached hydrogens (tertiary/aromatic N) is 1. The van der Waals surface area contributed by atoms with Gasteiger partial charge in [-0.2, -0.15) is 0 Å². The first-order valence-electron chi connectivity index (χ1n) is 7.81. The van der Waals surface area contributed by atoms with E-state index in [0.29, 0.717) is 6.10 Å². The minimum atomic E-state index is -1.50. The highest BCUT2D eigenvalue weighted by Crippen LogP contribution is 2.29. The minimum Gasteiger partial charge on any atom is -0.328 e. The van der Waals surface area contributed by atoms with Gasteiger partial charge in [-0.3, -0.25) is 0 Å². The van der Waals surface area contributed by atoms with E-state index in [1.807, 2.05) is 0 Å². The van der Waals surface area contributed by atoms with Crippen LogP contribution in [0.15, 0.2) is 0 Å². The Kier molecular flexibility index (Phi) is 9.32. The molecule has 0 aromatic carbocycles. The highest BCUT2D eigenvalue weighted by atomic mass is 17.2. The molecule has 0 bridgehead atoms.